The van der Waals surface area contributed by atoms with E-state index in [-0.39, 0.29) is 13.2 Å². The Kier molecular flexibility index (Phi) is 8.58. The molecule has 11 heteroatoms. The summed E-state index contributed by atoms with van der Waals surface area (Å²) in [5.41, 5.74) is -0.882. The lowest BCUT2D eigenvalue weighted by Crippen LogP contribution is -2.44. The average molecular weight is 336 g/mol. The van der Waals surface area contributed by atoms with Gasteiger partial charge in [-0.3, -0.25) is 20.2 Å². The van der Waals surface area contributed by atoms with Gasteiger partial charge in [-0.2, -0.15) is 0 Å². The first-order valence-electron chi connectivity index (χ1n) is 6.89. The monoisotopic (exact) mass is 336 g/mol. The predicted octanol–water partition coefficient (Wildman–Crippen LogP) is -0.765. The van der Waals surface area contributed by atoms with E-state index in [0.29, 0.717) is 45.2 Å². The van der Waals surface area contributed by atoms with E-state index in [4.69, 9.17) is 18.9 Å². The van der Waals surface area contributed by atoms with Gasteiger partial charge in [0, 0.05) is 4.92 Å². The van der Waals surface area contributed by atoms with Crippen molar-refractivity contribution >= 4 is 0 Å². The Balaban J connectivity index is 0.000000231. The van der Waals surface area contributed by atoms with Crippen molar-refractivity contribution in [2.75, 3.05) is 59.4 Å². The van der Waals surface area contributed by atoms with Crippen molar-refractivity contribution in [2.24, 2.45) is 0 Å². The molecule has 132 valence electrons. The number of hydrogen-bond acceptors (Lipinski definition) is 9. The van der Waals surface area contributed by atoms with Crippen LogP contribution >= 0.6 is 0 Å². The first kappa shape index (κ1) is 19.4. The molecule has 0 spiro atoms. The van der Waals surface area contributed by atoms with Gasteiger partial charge >= 0.3 is 0 Å². The van der Waals surface area contributed by atoms with Gasteiger partial charge in [0.15, 0.2) is 5.60 Å². The van der Waals surface area contributed by atoms with Crippen molar-refractivity contribution in [1.29, 1.82) is 0 Å². The number of nitro groups is 2. The van der Waals surface area contributed by atoms with Crippen molar-refractivity contribution in [3.8, 4) is 0 Å². The third kappa shape index (κ3) is 9.15. The van der Waals surface area contributed by atoms with Crippen LogP contribution in [-0.2, 0) is 18.9 Å². The molecule has 2 fully saturated rings. The maximum absolute atomic E-state index is 10.1. The molecule has 0 aromatic heterocycles. The fraction of sp³-hybridized carbons (Fsp3) is 0.833. The van der Waals surface area contributed by atoms with E-state index < -0.39 is 22.0 Å². The van der Waals surface area contributed by atoms with Gasteiger partial charge < -0.3 is 24.1 Å². The maximum atomic E-state index is 10.1. The largest absolute Gasteiger partial charge is 0.379 e. The van der Waals surface area contributed by atoms with Gasteiger partial charge in [0.25, 0.3) is 0 Å². The normalized spacial score (nSPS) is 21.2. The van der Waals surface area contributed by atoms with Crippen molar-refractivity contribution in [1.82, 2.24) is 0 Å². The van der Waals surface area contributed by atoms with Crippen LogP contribution in [0.5, 0.6) is 0 Å². The predicted molar refractivity (Wildman–Crippen MR) is 75.2 cm³/mol. The molecule has 11 nitrogen and oxygen atoms in total. The van der Waals surface area contributed by atoms with Crippen molar-refractivity contribution in [2.45, 2.75) is 5.60 Å². The molecule has 0 bridgehead atoms. The van der Waals surface area contributed by atoms with E-state index in [1.54, 1.807) is 0 Å². The first-order valence-corrected chi connectivity index (χ1v) is 6.89. The van der Waals surface area contributed by atoms with Crippen LogP contribution in [0.1, 0.15) is 0 Å². The van der Waals surface area contributed by atoms with Crippen LogP contribution in [0.4, 0.5) is 0 Å². The van der Waals surface area contributed by atoms with Gasteiger partial charge in [0.2, 0.25) is 12.7 Å². The highest BCUT2D eigenvalue weighted by molar-refractivity contribution is 4.98. The summed E-state index contributed by atoms with van der Waals surface area (Å²) in [4.78, 5) is 19.1. The van der Waals surface area contributed by atoms with Crippen LogP contribution in [0, 0.1) is 20.2 Å². The lowest BCUT2D eigenvalue weighted by Gasteiger charge is -2.19. The van der Waals surface area contributed by atoms with Crippen LogP contribution in [0.25, 0.3) is 0 Å². The average Bonchev–Trinajstić information content (AvgIpc) is 2.81. The highest BCUT2D eigenvalue weighted by Crippen LogP contribution is 2.09. The van der Waals surface area contributed by atoms with Gasteiger partial charge in [-0.15, -0.1) is 0 Å². The van der Waals surface area contributed by atoms with E-state index in [0.717, 1.165) is 6.20 Å². The Labute approximate surface area is 132 Å². The summed E-state index contributed by atoms with van der Waals surface area (Å²) in [7, 11) is 0. The second kappa shape index (κ2) is 10.2. The third-order valence-corrected chi connectivity index (χ3v) is 2.77. The molecule has 2 heterocycles. The number of rotatable bonds is 3. The van der Waals surface area contributed by atoms with E-state index in [2.05, 4.69) is 0 Å². The van der Waals surface area contributed by atoms with Crippen LogP contribution in [0.2, 0.25) is 0 Å². The van der Waals surface area contributed by atoms with Crippen LogP contribution in [0.15, 0.2) is 11.8 Å². The fourth-order valence-electron chi connectivity index (χ4n) is 1.81. The molecule has 2 aliphatic rings. The fourth-order valence-corrected chi connectivity index (χ4v) is 1.81. The molecule has 0 radical (unpaired) electrons. The number of hydrogen-bond donors (Lipinski definition) is 1. The zero-order valence-electron chi connectivity index (χ0n) is 12.5. The standard InChI is InChI=1S/C6H11NO5.C6H9NO4/c8-6(3-7(9)10)4-11-1-2-12-5-6;8-7(9)3-6-4-10-1-2-11-5-6/h8H,1-5H2;3H,1-2,4-5H2. The summed E-state index contributed by atoms with van der Waals surface area (Å²) < 4.78 is 19.9. The number of nitrogens with zero attached hydrogens (tertiary/aromatic N) is 2. The minimum absolute atomic E-state index is 0.0337. The van der Waals surface area contributed by atoms with Crippen LogP contribution in [-0.4, -0.2) is 80.0 Å². The summed E-state index contributed by atoms with van der Waals surface area (Å²) in [6, 6.07) is 0. The zero-order valence-corrected chi connectivity index (χ0v) is 12.5. The molecule has 0 saturated carbocycles. The molecule has 0 atom stereocenters. The summed E-state index contributed by atoms with van der Waals surface area (Å²) >= 11 is 0. The quantitative estimate of drug-likeness (QED) is 0.519. The Morgan fingerprint density at radius 3 is 1.91 bits per heavy atom. The van der Waals surface area contributed by atoms with Crippen molar-refractivity contribution < 1.29 is 33.9 Å². The van der Waals surface area contributed by atoms with Gasteiger partial charge in [0.05, 0.1) is 63.4 Å². The molecule has 0 unspecified atom stereocenters. The van der Waals surface area contributed by atoms with Crippen LogP contribution in [0.3, 0.4) is 0 Å². The van der Waals surface area contributed by atoms with Crippen molar-refractivity contribution in [3.63, 3.8) is 0 Å². The second-order valence-electron chi connectivity index (χ2n) is 5.00. The Morgan fingerprint density at radius 1 is 1.00 bits per heavy atom. The molecular formula is C12H20N2O9. The summed E-state index contributed by atoms with van der Waals surface area (Å²) in [5, 5.41) is 29.6. The molecule has 0 aromatic rings. The summed E-state index contributed by atoms with van der Waals surface area (Å²) in [6.45, 7) is 1.78. The molecule has 23 heavy (non-hydrogen) atoms. The first-order chi connectivity index (χ1) is 10.9. The van der Waals surface area contributed by atoms with Gasteiger partial charge in [-0.1, -0.05) is 0 Å². The van der Waals surface area contributed by atoms with Crippen molar-refractivity contribution in [3.05, 3.63) is 32.0 Å². The minimum atomic E-state index is -1.46. The summed E-state index contributed by atoms with van der Waals surface area (Å²) in [6.07, 6.45) is 0.936. The lowest BCUT2D eigenvalue weighted by atomic mass is 10.1. The van der Waals surface area contributed by atoms with Gasteiger partial charge in [-0.25, -0.2) is 0 Å². The van der Waals surface area contributed by atoms with E-state index in [1.165, 1.54) is 0 Å². The number of aliphatic hydroxyl groups is 1. The smallest absolute Gasteiger partial charge is 0.238 e. The molecular weight excluding hydrogens is 316 g/mol. The molecule has 0 amide bonds. The minimum Gasteiger partial charge on any atom is -0.379 e. The molecule has 2 saturated heterocycles. The zero-order chi connectivity index (χ0) is 17.1. The molecule has 1 N–H and O–H groups in total. The SMILES string of the molecule is O=[N+]([O-])C=C1COCCOC1.O=[N+]([O-])CC1(O)COCCOC1. The Bertz CT molecular complexity index is 409. The Morgan fingerprint density at radius 2 is 1.48 bits per heavy atom. The second-order valence-corrected chi connectivity index (χ2v) is 5.00. The van der Waals surface area contributed by atoms with E-state index in [1.807, 2.05) is 0 Å². The highest BCUT2D eigenvalue weighted by Gasteiger charge is 2.35. The van der Waals surface area contributed by atoms with Gasteiger partial charge in [-0.05, 0) is 0 Å². The van der Waals surface area contributed by atoms with E-state index >= 15 is 0 Å². The molecule has 2 aliphatic heterocycles. The van der Waals surface area contributed by atoms with E-state index in [9.17, 15) is 25.3 Å². The van der Waals surface area contributed by atoms with Crippen LogP contribution < -0.4 is 0 Å². The molecule has 0 aliphatic carbocycles. The number of ether oxygens (including phenoxy) is 4. The Hall–Kier alpha value is -1.66. The third-order valence-electron chi connectivity index (χ3n) is 2.77. The highest BCUT2D eigenvalue weighted by atomic mass is 16.6. The molecule has 2 rings (SSSR count). The topological polar surface area (TPSA) is 143 Å². The maximum Gasteiger partial charge on any atom is 0.238 e. The lowest BCUT2D eigenvalue weighted by molar-refractivity contribution is -0.502. The van der Waals surface area contributed by atoms with Gasteiger partial charge in [0.1, 0.15) is 0 Å². The summed E-state index contributed by atoms with van der Waals surface area (Å²) in [5.74, 6) is 0. The molecule has 0 aromatic carbocycles.